The van der Waals surface area contributed by atoms with E-state index in [0.29, 0.717) is 18.8 Å². The third kappa shape index (κ3) is 4.19. The first-order valence-corrected chi connectivity index (χ1v) is 8.57. The molecule has 2 rings (SSSR count). The molecule has 0 saturated carbocycles. The zero-order valence-corrected chi connectivity index (χ0v) is 13.5. The van der Waals surface area contributed by atoms with Crippen LogP contribution in [0.15, 0.2) is 24.3 Å². The molecule has 0 aliphatic carbocycles. The highest BCUT2D eigenvalue weighted by atomic mass is 32.2. The Morgan fingerprint density at radius 2 is 1.91 bits per heavy atom. The van der Waals surface area contributed by atoms with Crippen LogP contribution in [0.1, 0.15) is 12.5 Å². The Morgan fingerprint density at radius 1 is 1.27 bits per heavy atom. The zero-order valence-electron chi connectivity index (χ0n) is 12.7. The van der Waals surface area contributed by atoms with E-state index in [1.807, 2.05) is 25.1 Å². The summed E-state index contributed by atoms with van der Waals surface area (Å²) in [6.45, 7) is 4.69. The number of piperazine rings is 1. The Labute approximate surface area is 130 Å². The van der Waals surface area contributed by atoms with E-state index in [0.717, 1.165) is 5.56 Å². The van der Waals surface area contributed by atoms with E-state index in [9.17, 15) is 13.2 Å². The summed E-state index contributed by atoms with van der Waals surface area (Å²) < 4.78 is 29.3. The topological polar surface area (TPSA) is 92.9 Å². The van der Waals surface area contributed by atoms with Gasteiger partial charge in [0, 0.05) is 26.2 Å². The van der Waals surface area contributed by atoms with Gasteiger partial charge in [-0.1, -0.05) is 12.1 Å². The van der Waals surface area contributed by atoms with E-state index in [-0.39, 0.29) is 19.0 Å². The number of aryl methyl sites for hydroxylation is 1. The molecule has 0 radical (unpaired) electrons. The van der Waals surface area contributed by atoms with Gasteiger partial charge in [-0.15, -0.1) is 0 Å². The molecule has 1 aromatic carbocycles. The summed E-state index contributed by atoms with van der Waals surface area (Å²) in [5, 5.41) is 5.08. The van der Waals surface area contributed by atoms with Gasteiger partial charge in [-0.2, -0.15) is 12.7 Å². The van der Waals surface area contributed by atoms with Crippen molar-refractivity contribution in [3.8, 4) is 5.75 Å². The van der Waals surface area contributed by atoms with Crippen molar-refractivity contribution in [3.63, 3.8) is 0 Å². The van der Waals surface area contributed by atoms with Crippen LogP contribution in [0.5, 0.6) is 5.75 Å². The summed E-state index contributed by atoms with van der Waals surface area (Å²) >= 11 is 0. The number of rotatable bonds is 4. The molecule has 1 aromatic rings. The molecule has 1 heterocycles. The highest BCUT2D eigenvalue weighted by Gasteiger charge is 2.29. The Morgan fingerprint density at radius 3 is 2.45 bits per heavy atom. The summed E-state index contributed by atoms with van der Waals surface area (Å²) in [6.07, 6.45) is -0.622. The zero-order chi connectivity index (χ0) is 16.3. The molecule has 0 spiro atoms. The first kappa shape index (κ1) is 16.7. The van der Waals surface area contributed by atoms with E-state index < -0.39 is 16.3 Å². The predicted molar refractivity (Wildman–Crippen MR) is 82.5 cm³/mol. The van der Waals surface area contributed by atoms with Crippen LogP contribution in [0.4, 0.5) is 0 Å². The summed E-state index contributed by atoms with van der Waals surface area (Å²) in [5.74, 6) is 0.486. The lowest BCUT2D eigenvalue weighted by molar-refractivity contribution is -0.139. The van der Waals surface area contributed by atoms with Crippen molar-refractivity contribution in [1.29, 1.82) is 0 Å². The second kappa shape index (κ2) is 6.64. The van der Waals surface area contributed by atoms with Crippen LogP contribution in [-0.2, 0) is 15.0 Å². The molecular weight excluding hydrogens is 306 g/mol. The first-order chi connectivity index (χ1) is 10.3. The second-order valence-corrected chi connectivity index (χ2v) is 6.89. The fourth-order valence-electron chi connectivity index (χ4n) is 2.36. The predicted octanol–water partition coefficient (Wildman–Crippen LogP) is 0.110. The van der Waals surface area contributed by atoms with Gasteiger partial charge in [0.2, 0.25) is 0 Å². The first-order valence-electron chi connectivity index (χ1n) is 7.07. The van der Waals surface area contributed by atoms with Crippen LogP contribution in [0.3, 0.4) is 0 Å². The number of carbonyl (C=O) groups is 1. The molecule has 122 valence electrons. The summed E-state index contributed by atoms with van der Waals surface area (Å²) in [4.78, 5) is 13.9. The highest BCUT2D eigenvalue weighted by Crippen LogP contribution is 2.15. The summed E-state index contributed by atoms with van der Waals surface area (Å²) in [6, 6.07) is 7.48. The van der Waals surface area contributed by atoms with Gasteiger partial charge in [0.15, 0.2) is 6.10 Å². The van der Waals surface area contributed by atoms with Crippen LogP contribution in [0, 0.1) is 6.92 Å². The van der Waals surface area contributed by atoms with Crippen LogP contribution in [-0.4, -0.2) is 55.8 Å². The number of nitrogens with zero attached hydrogens (tertiary/aromatic N) is 2. The normalized spacial score (nSPS) is 18.0. The lowest BCUT2D eigenvalue weighted by Crippen LogP contribution is -2.54. The number of nitrogens with two attached hydrogens (primary N) is 1. The molecule has 8 heteroatoms. The van der Waals surface area contributed by atoms with Crippen molar-refractivity contribution in [2.75, 3.05) is 26.2 Å². The quantitative estimate of drug-likeness (QED) is 0.849. The Bertz CT molecular complexity index is 639. The van der Waals surface area contributed by atoms with Gasteiger partial charge >= 0.3 is 0 Å². The van der Waals surface area contributed by atoms with Crippen molar-refractivity contribution in [3.05, 3.63) is 29.8 Å². The fraction of sp³-hybridized carbons (Fsp3) is 0.500. The van der Waals surface area contributed by atoms with E-state index in [1.54, 1.807) is 17.9 Å². The molecule has 1 fully saturated rings. The monoisotopic (exact) mass is 327 g/mol. The van der Waals surface area contributed by atoms with Crippen LogP contribution < -0.4 is 9.88 Å². The minimum atomic E-state index is -3.68. The lowest BCUT2D eigenvalue weighted by Gasteiger charge is -2.34. The maximum absolute atomic E-state index is 12.3. The molecule has 1 aliphatic heterocycles. The smallest absolute Gasteiger partial charge is 0.277 e. The van der Waals surface area contributed by atoms with Gasteiger partial charge in [0.1, 0.15) is 5.75 Å². The molecule has 1 atom stereocenters. The summed E-state index contributed by atoms with van der Waals surface area (Å²) in [5.41, 5.74) is 1.05. The molecule has 0 bridgehead atoms. The Kier molecular flexibility index (Phi) is 5.05. The number of carbonyl (C=O) groups excluding carboxylic acids is 1. The largest absolute Gasteiger partial charge is 0.481 e. The average molecular weight is 327 g/mol. The molecule has 2 N–H and O–H groups in total. The van der Waals surface area contributed by atoms with Gasteiger partial charge < -0.3 is 9.64 Å². The number of ether oxygens (including phenoxy) is 1. The second-order valence-electron chi connectivity index (χ2n) is 5.35. The maximum atomic E-state index is 12.3. The standard InChI is InChI=1S/C14H21N3O4S/c1-11-4-3-5-13(10-11)21-12(2)14(18)16-6-8-17(9-7-16)22(15,19)20/h3-5,10,12H,6-9H2,1-2H3,(H2,15,19,20). The number of amides is 1. The van der Waals surface area contributed by atoms with Gasteiger partial charge in [0.25, 0.3) is 16.1 Å². The summed E-state index contributed by atoms with van der Waals surface area (Å²) in [7, 11) is -3.68. The molecule has 1 amide bonds. The van der Waals surface area contributed by atoms with Crippen molar-refractivity contribution in [2.45, 2.75) is 20.0 Å². The molecule has 1 saturated heterocycles. The van der Waals surface area contributed by atoms with Gasteiger partial charge in [-0.25, -0.2) is 5.14 Å². The Hall–Kier alpha value is -1.64. The van der Waals surface area contributed by atoms with Crippen molar-refractivity contribution >= 4 is 16.1 Å². The molecule has 1 unspecified atom stereocenters. The van der Waals surface area contributed by atoms with E-state index >= 15 is 0 Å². The third-order valence-electron chi connectivity index (χ3n) is 3.56. The van der Waals surface area contributed by atoms with Crippen LogP contribution in [0.2, 0.25) is 0 Å². The number of hydrogen-bond donors (Lipinski definition) is 1. The molecule has 0 aromatic heterocycles. The minimum Gasteiger partial charge on any atom is -0.481 e. The van der Waals surface area contributed by atoms with E-state index in [2.05, 4.69) is 0 Å². The van der Waals surface area contributed by atoms with Crippen molar-refractivity contribution < 1.29 is 17.9 Å². The van der Waals surface area contributed by atoms with Crippen molar-refractivity contribution in [2.24, 2.45) is 5.14 Å². The molecule has 22 heavy (non-hydrogen) atoms. The average Bonchev–Trinajstić information content (AvgIpc) is 2.45. The minimum absolute atomic E-state index is 0.157. The van der Waals surface area contributed by atoms with Crippen molar-refractivity contribution in [1.82, 2.24) is 9.21 Å². The number of benzene rings is 1. The number of hydrogen-bond acceptors (Lipinski definition) is 4. The fourth-order valence-corrected chi connectivity index (χ4v) is 3.04. The highest BCUT2D eigenvalue weighted by molar-refractivity contribution is 7.86. The molecule has 1 aliphatic rings. The lowest BCUT2D eigenvalue weighted by atomic mass is 10.2. The van der Waals surface area contributed by atoms with E-state index in [1.165, 1.54) is 4.31 Å². The third-order valence-corrected chi connectivity index (χ3v) is 4.65. The van der Waals surface area contributed by atoms with Gasteiger partial charge in [-0.3, -0.25) is 4.79 Å². The SMILES string of the molecule is Cc1cccc(OC(C)C(=O)N2CCN(S(N)(=O)=O)CC2)c1. The Balaban J connectivity index is 1.92. The van der Waals surface area contributed by atoms with Crippen LogP contribution in [0.25, 0.3) is 0 Å². The molecular formula is C14H21N3O4S. The molecule has 7 nitrogen and oxygen atoms in total. The van der Waals surface area contributed by atoms with E-state index in [4.69, 9.17) is 9.88 Å². The maximum Gasteiger partial charge on any atom is 0.277 e. The van der Waals surface area contributed by atoms with Gasteiger partial charge in [0.05, 0.1) is 0 Å². The van der Waals surface area contributed by atoms with Gasteiger partial charge in [-0.05, 0) is 31.5 Å². The van der Waals surface area contributed by atoms with Crippen LogP contribution >= 0.6 is 0 Å².